The van der Waals surface area contributed by atoms with E-state index in [-0.39, 0.29) is 19.1 Å². The minimum absolute atomic E-state index is 0.0651. The highest BCUT2D eigenvalue weighted by Crippen LogP contribution is 2.44. The van der Waals surface area contributed by atoms with Crippen molar-refractivity contribution in [3.05, 3.63) is 95.6 Å². The molecule has 1 atom stereocenters. The van der Waals surface area contributed by atoms with E-state index in [4.69, 9.17) is 19.9 Å². The summed E-state index contributed by atoms with van der Waals surface area (Å²) in [6.45, 7) is 0.317. The number of carbonyl (C=O) groups is 2. The van der Waals surface area contributed by atoms with Crippen molar-refractivity contribution < 1.29 is 23.8 Å². The van der Waals surface area contributed by atoms with Crippen molar-refractivity contribution in [1.82, 2.24) is 0 Å². The first-order valence-electron chi connectivity index (χ1n) is 10.1. The zero-order chi connectivity index (χ0) is 21.6. The third-order valence-electron chi connectivity index (χ3n) is 5.23. The molecule has 2 N–H and O–H groups in total. The molecule has 6 nitrogen and oxygen atoms in total. The second-order valence-corrected chi connectivity index (χ2v) is 7.32. The Labute approximate surface area is 180 Å². The first-order chi connectivity index (χ1) is 15.1. The first kappa shape index (κ1) is 20.8. The third-order valence-corrected chi connectivity index (χ3v) is 5.23. The van der Waals surface area contributed by atoms with E-state index in [1.54, 1.807) is 0 Å². The predicted molar refractivity (Wildman–Crippen MR) is 115 cm³/mol. The molecule has 0 bridgehead atoms. The summed E-state index contributed by atoms with van der Waals surface area (Å²) >= 11 is 0. The summed E-state index contributed by atoms with van der Waals surface area (Å²) in [6, 6.07) is 24.4. The van der Waals surface area contributed by atoms with Crippen LogP contribution in [0.5, 0.6) is 0 Å². The number of fused-ring (bicyclic) bond motifs is 3. The van der Waals surface area contributed by atoms with Crippen LogP contribution in [0.4, 0.5) is 4.79 Å². The highest BCUT2D eigenvalue weighted by molar-refractivity contribution is 5.85. The Hall–Kier alpha value is -3.48. The normalized spacial score (nSPS) is 13.2. The number of ether oxygens (including phenoxy) is 3. The molecule has 1 aliphatic carbocycles. The van der Waals surface area contributed by atoms with Gasteiger partial charge in [-0.1, -0.05) is 78.9 Å². The van der Waals surface area contributed by atoms with E-state index in [0.717, 1.165) is 27.8 Å². The van der Waals surface area contributed by atoms with Gasteiger partial charge >= 0.3 is 12.1 Å². The van der Waals surface area contributed by atoms with E-state index >= 15 is 0 Å². The van der Waals surface area contributed by atoms with Gasteiger partial charge in [0.1, 0.15) is 12.6 Å². The van der Waals surface area contributed by atoms with Gasteiger partial charge in [0.2, 0.25) is 0 Å². The molecule has 6 heteroatoms. The maximum atomic E-state index is 12.1. The van der Waals surface area contributed by atoms with Crippen molar-refractivity contribution in [2.75, 3.05) is 13.2 Å². The molecule has 0 saturated heterocycles. The van der Waals surface area contributed by atoms with Crippen LogP contribution in [0, 0.1) is 0 Å². The Morgan fingerprint density at radius 2 is 1.42 bits per heavy atom. The summed E-state index contributed by atoms with van der Waals surface area (Å²) < 4.78 is 15.4. The number of esters is 1. The Morgan fingerprint density at radius 3 is 2.06 bits per heavy atom. The SMILES string of the molecule is N[C@@H](COCc1ccccc1)C(=O)OC(=O)OCC1c2ccccc2-c2ccccc21. The average molecular weight is 417 g/mol. The van der Waals surface area contributed by atoms with Crippen molar-refractivity contribution in [2.45, 2.75) is 18.6 Å². The van der Waals surface area contributed by atoms with Gasteiger partial charge in [0, 0.05) is 5.92 Å². The number of benzene rings is 3. The molecule has 0 aromatic heterocycles. The van der Waals surface area contributed by atoms with E-state index in [0.29, 0.717) is 6.61 Å². The summed E-state index contributed by atoms with van der Waals surface area (Å²) in [5.41, 5.74) is 11.1. The van der Waals surface area contributed by atoms with Gasteiger partial charge < -0.3 is 19.9 Å². The standard InChI is InChI=1S/C25H23NO5/c26-23(16-29-14-17-8-2-1-3-9-17)24(27)31-25(28)30-15-22-20-12-6-4-10-18(20)19-11-5-7-13-21(19)22/h1-13,22-23H,14-16,26H2/t23-/m0/s1. The molecule has 4 rings (SSSR count). The molecule has 3 aromatic rings. The van der Waals surface area contributed by atoms with Gasteiger partial charge in [-0.05, 0) is 27.8 Å². The third kappa shape index (κ3) is 4.82. The average Bonchev–Trinajstić information content (AvgIpc) is 3.12. The monoisotopic (exact) mass is 417 g/mol. The van der Waals surface area contributed by atoms with Gasteiger partial charge in [0.05, 0.1) is 13.2 Å². The second-order valence-electron chi connectivity index (χ2n) is 7.32. The molecule has 0 unspecified atom stereocenters. The lowest BCUT2D eigenvalue weighted by molar-refractivity contribution is -0.143. The van der Waals surface area contributed by atoms with Gasteiger partial charge in [0.25, 0.3) is 0 Å². The lowest BCUT2D eigenvalue weighted by atomic mass is 9.98. The number of carbonyl (C=O) groups excluding carboxylic acids is 2. The molecule has 1 aliphatic rings. The maximum Gasteiger partial charge on any atom is 0.516 e. The summed E-state index contributed by atoms with van der Waals surface area (Å²) in [4.78, 5) is 24.1. The van der Waals surface area contributed by atoms with Crippen LogP contribution in [0.15, 0.2) is 78.9 Å². The van der Waals surface area contributed by atoms with Crippen LogP contribution in [0.2, 0.25) is 0 Å². The van der Waals surface area contributed by atoms with Gasteiger partial charge in [-0.25, -0.2) is 9.59 Å². The van der Waals surface area contributed by atoms with Crippen LogP contribution < -0.4 is 5.73 Å². The lowest BCUT2D eigenvalue weighted by Gasteiger charge is -2.15. The molecule has 0 aliphatic heterocycles. The zero-order valence-corrected chi connectivity index (χ0v) is 16.9. The van der Waals surface area contributed by atoms with Crippen LogP contribution in [-0.4, -0.2) is 31.4 Å². The van der Waals surface area contributed by atoms with Crippen molar-refractivity contribution >= 4 is 12.1 Å². The minimum Gasteiger partial charge on any atom is -0.433 e. The number of hydrogen-bond donors (Lipinski definition) is 1. The van der Waals surface area contributed by atoms with Crippen LogP contribution in [0.25, 0.3) is 11.1 Å². The van der Waals surface area contributed by atoms with Gasteiger partial charge in [-0.3, -0.25) is 0 Å². The van der Waals surface area contributed by atoms with E-state index in [1.807, 2.05) is 78.9 Å². The van der Waals surface area contributed by atoms with Gasteiger partial charge in [-0.15, -0.1) is 0 Å². The van der Waals surface area contributed by atoms with Crippen molar-refractivity contribution in [2.24, 2.45) is 5.73 Å². The van der Waals surface area contributed by atoms with Crippen LogP contribution >= 0.6 is 0 Å². The van der Waals surface area contributed by atoms with Gasteiger partial charge in [-0.2, -0.15) is 0 Å². The highest BCUT2D eigenvalue weighted by Gasteiger charge is 2.30. The van der Waals surface area contributed by atoms with Crippen LogP contribution in [0.1, 0.15) is 22.6 Å². The number of hydrogen-bond acceptors (Lipinski definition) is 6. The Kier molecular flexibility index (Phi) is 6.40. The molecule has 0 amide bonds. The molecule has 31 heavy (non-hydrogen) atoms. The van der Waals surface area contributed by atoms with E-state index < -0.39 is 18.2 Å². The second kappa shape index (κ2) is 9.55. The maximum absolute atomic E-state index is 12.1. The lowest BCUT2D eigenvalue weighted by Crippen LogP contribution is -2.38. The summed E-state index contributed by atoms with van der Waals surface area (Å²) in [5.74, 6) is -0.997. The molecule has 0 spiro atoms. The molecule has 0 heterocycles. The molecule has 3 aromatic carbocycles. The Balaban J connectivity index is 1.28. The molecular weight excluding hydrogens is 394 g/mol. The minimum atomic E-state index is -1.08. The van der Waals surface area contributed by atoms with Crippen molar-refractivity contribution in [1.29, 1.82) is 0 Å². The molecule has 0 radical (unpaired) electrons. The molecule has 0 saturated carbocycles. The highest BCUT2D eigenvalue weighted by atomic mass is 16.7. The van der Waals surface area contributed by atoms with Crippen molar-refractivity contribution in [3.8, 4) is 11.1 Å². The zero-order valence-electron chi connectivity index (χ0n) is 16.9. The van der Waals surface area contributed by atoms with Crippen LogP contribution in [0.3, 0.4) is 0 Å². The number of rotatable bonds is 7. The Bertz CT molecular complexity index is 1020. The molecule has 158 valence electrons. The van der Waals surface area contributed by atoms with E-state index in [2.05, 4.69) is 0 Å². The predicted octanol–water partition coefficient (Wildman–Crippen LogP) is 4.02. The fraction of sp³-hybridized carbons (Fsp3) is 0.200. The topological polar surface area (TPSA) is 87.9 Å². The van der Waals surface area contributed by atoms with E-state index in [9.17, 15) is 9.59 Å². The first-order valence-corrected chi connectivity index (χ1v) is 10.1. The summed E-state index contributed by atoms with van der Waals surface area (Å²) in [6.07, 6.45) is -1.06. The fourth-order valence-electron chi connectivity index (χ4n) is 3.72. The largest absolute Gasteiger partial charge is 0.516 e. The fourth-order valence-corrected chi connectivity index (χ4v) is 3.72. The molecule has 0 fully saturated rings. The quantitative estimate of drug-likeness (QED) is 0.461. The van der Waals surface area contributed by atoms with Crippen molar-refractivity contribution in [3.63, 3.8) is 0 Å². The summed E-state index contributed by atoms with van der Waals surface area (Å²) in [5, 5.41) is 0. The molecular formula is C25H23NO5. The Morgan fingerprint density at radius 1 is 0.839 bits per heavy atom. The smallest absolute Gasteiger partial charge is 0.433 e. The van der Waals surface area contributed by atoms with E-state index in [1.165, 1.54) is 0 Å². The summed E-state index contributed by atoms with van der Waals surface area (Å²) in [7, 11) is 0. The van der Waals surface area contributed by atoms with Crippen LogP contribution in [-0.2, 0) is 25.6 Å². The number of nitrogens with two attached hydrogens (primary N) is 1. The van der Waals surface area contributed by atoms with Gasteiger partial charge in [0.15, 0.2) is 0 Å².